The smallest absolute Gasteiger partial charge is 0.311 e. The molecule has 0 spiro atoms. The monoisotopic (exact) mass is 923 g/mol. The first-order valence-electron chi connectivity index (χ1n) is 23.0. The van der Waals surface area contributed by atoms with E-state index < -0.39 is 65.1 Å². The van der Waals surface area contributed by atoms with Crippen LogP contribution in [-0.2, 0) is 54.6 Å². The van der Waals surface area contributed by atoms with Crippen LogP contribution in [0.2, 0.25) is 0 Å². The lowest BCUT2D eigenvalue weighted by atomic mass is 9.88. The Labute approximate surface area is 383 Å². The van der Waals surface area contributed by atoms with Crippen molar-refractivity contribution >= 4 is 46.1 Å². The summed E-state index contributed by atoms with van der Waals surface area (Å²) in [5.74, 6) is -15.7. The number of nitrogens with zero attached hydrogens (tertiary/aromatic N) is 1. The minimum absolute atomic E-state index is 0.0496. The fraction of sp³-hybridized carbons (Fsp3) is 0.490. The summed E-state index contributed by atoms with van der Waals surface area (Å²) in [6.07, 6.45) is 9.58. The fourth-order valence-electron chi connectivity index (χ4n) is 7.57. The van der Waals surface area contributed by atoms with E-state index >= 15 is 0 Å². The molecule has 1 heterocycles. The molecule has 0 fully saturated rings. The number of carbonyl (C=O) groups is 5. The molecule has 4 rings (SSSR count). The van der Waals surface area contributed by atoms with Crippen LogP contribution in [0.4, 0.5) is 27.8 Å². The highest BCUT2D eigenvalue weighted by Gasteiger charge is 2.29. The summed E-state index contributed by atoms with van der Waals surface area (Å²) in [7, 11) is 0. The third-order valence-electron chi connectivity index (χ3n) is 11.6. The third kappa shape index (κ3) is 16.0. The molecule has 358 valence electrons. The number of fused-ring (bicyclic) bond motifs is 1. The Morgan fingerprint density at radius 1 is 0.682 bits per heavy atom. The van der Waals surface area contributed by atoms with Crippen LogP contribution >= 0.6 is 0 Å². The number of nitrogens with one attached hydrogen (secondary N) is 1. The number of nitrogens with two attached hydrogens (primary N) is 1. The van der Waals surface area contributed by atoms with Crippen molar-refractivity contribution in [3.05, 3.63) is 99.9 Å². The Hall–Kier alpha value is -5.73. The van der Waals surface area contributed by atoms with Crippen molar-refractivity contribution < 1.29 is 55.4 Å². The summed E-state index contributed by atoms with van der Waals surface area (Å²) in [5.41, 5.74) is 11.0. The average molecular weight is 924 g/mol. The molecule has 3 N–H and O–H groups in total. The first-order valence-corrected chi connectivity index (χ1v) is 23.0. The van der Waals surface area contributed by atoms with E-state index in [1.54, 1.807) is 45.0 Å². The summed E-state index contributed by atoms with van der Waals surface area (Å²) in [6, 6.07) is 14.7. The van der Waals surface area contributed by atoms with Crippen LogP contribution in [0.15, 0.2) is 48.5 Å². The number of anilines is 1. The van der Waals surface area contributed by atoms with Gasteiger partial charge < -0.3 is 20.5 Å². The number of hydrogen-bond acceptors (Lipinski definition) is 9. The molecule has 0 aliphatic heterocycles. The Balaban J connectivity index is 1.10. The summed E-state index contributed by atoms with van der Waals surface area (Å²) < 4.78 is 77.4. The van der Waals surface area contributed by atoms with E-state index in [0.717, 1.165) is 79.8 Å². The molecule has 0 radical (unpaired) electrons. The van der Waals surface area contributed by atoms with Gasteiger partial charge in [-0.3, -0.25) is 24.0 Å². The molecule has 0 unspecified atom stereocenters. The minimum Gasteiger partial charge on any atom is -0.461 e. The molecule has 0 aliphatic carbocycles. The number of benzene rings is 3. The van der Waals surface area contributed by atoms with Gasteiger partial charge in [-0.15, -0.1) is 0 Å². The predicted octanol–water partition coefficient (Wildman–Crippen LogP) is 10.9. The zero-order chi connectivity index (χ0) is 48.3. The Morgan fingerprint density at radius 3 is 1.92 bits per heavy atom. The molecule has 66 heavy (non-hydrogen) atoms. The van der Waals surface area contributed by atoms with E-state index in [0.29, 0.717) is 30.6 Å². The number of ketones is 2. The zero-order valence-electron chi connectivity index (χ0n) is 38.4. The van der Waals surface area contributed by atoms with E-state index in [-0.39, 0.29) is 55.7 Å². The number of unbranched alkanes of at least 4 members (excludes halogenated alkanes) is 7. The molecule has 1 amide bonds. The van der Waals surface area contributed by atoms with E-state index in [9.17, 15) is 45.9 Å². The normalized spacial score (nSPS) is 12.3. The number of hydrogen-bond donors (Lipinski definition) is 2. The summed E-state index contributed by atoms with van der Waals surface area (Å²) in [4.78, 5) is 68.2. The zero-order valence-corrected chi connectivity index (χ0v) is 38.4. The van der Waals surface area contributed by atoms with Gasteiger partial charge in [-0.2, -0.15) is 8.78 Å². The number of rotatable bonds is 28. The van der Waals surface area contributed by atoms with Gasteiger partial charge in [0.1, 0.15) is 18.2 Å². The molecule has 10 nitrogen and oxygen atoms in total. The van der Waals surface area contributed by atoms with Gasteiger partial charge in [0.25, 0.3) is 0 Å². The van der Waals surface area contributed by atoms with Gasteiger partial charge in [0.15, 0.2) is 5.78 Å². The minimum atomic E-state index is -2.37. The number of amides is 1. The molecule has 3 aromatic carbocycles. The quantitative estimate of drug-likeness (QED) is 0.0141. The van der Waals surface area contributed by atoms with Gasteiger partial charge in [0.05, 0.1) is 11.6 Å². The maximum Gasteiger partial charge on any atom is 0.311 e. The number of nitrogen functional groups attached to an aromatic ring is 1. The number of carbonyl (C=O) groups excluding carboxylic acids is 5. The molecule has 0 aliphatic rings. The summed E-state index contributed by atoms with van der Waals surface area (Å²) >= 11 is 0. The maximum absolute atomic E-state index is 13.8. The Morgan fingerprint density at radius 2 is 1.26 bits per heavy atom. The van der Waals surface area contributed by atoms with Crippen molar-refractivity contribution in [3.63, 3.8) is 0 Å². The Bertz CT molecular complexity index is 2270. The van der Waals surface area contributed by atoms with Crippen LogP contribution in [0.3, 0.4) is 0 Å². The summed E-state index contributed by atoms with van der Waals surface area (Å²) in [6.45, 7) is 7.44. The second kappa shape index (κ2) is 26.4. The van der Waals surface area contributed by atoms with Crippen molar-refractivity contribution in [2.75, 3.05) is 5.73 Å². The van der Waals surface area contributed by atoms with Crippen LogP contribution in [-0.4, -0.2) is 40.4 Å². The molecular formula is C51H62F5N3O7. The molecular weight excluding hydrogens is 862 g/mol. The van der Waals surface area contributed by atoms with Gasteiger partial charge in [0.2, 0.25) is 40.7 Å². The number of aryl methyl sites for hydroxylation is 2. The fourth-order valence-corrected chi connectivity index (χ4v) is 7.57. The van der Waals surface area contributed by atoms with Gasteiger partial charge in [0, 0.05) is 43.4 Å². The highest BCUT2D eigenvalue weighted by molar-refractivity contribution is 5.92. The van der Waals surface area contributed by atoms with Crippen LogP contribution in [0.5, 0.6) is 5.75 Å². The third-order valence-corrected chi connectivity index (χ3v) is 11.6. The van der Waals surface area contributed by atoms with E-state index in [1.807, 2.05) is 12.1 Å². The van der Waals surface area contributed by atoms with Crippen molar-refractivity contribution in [1.29, 1.82) is 0 Å². The number of Topliss-reactive ketones (excluding diaryl/α,β-unsaturated/α-hetero) is 2. The lowest BCUT2D eigenvalue weighted by Gasteiger charge is -2.22. The van der Waals surface area contributed by atoms with Crippen molar-refractivity contribution in [2.24, 2.45) is 11.8 Å². The van der Waals surface area contributed by atoms with Crippen LogP contribution in [0, 0.1) is 40.9 Å². The van der Waals surface area contributed by atoms with E-state index in [1.165, 1.54) is 5.56 Å². The second-order valence-electron chi connectivity index (χ2n) is 17.3. The highest BCUT2D eigenvalue weighted by Crippen LogP contribution is 2.30. The predicted molar refractivity (Wildman–Crippen MR) is 242 cm³/mol. The largest absolute Gasteiger partial charge is 0.461 e. The Kier molecular flexibility index (Phi) is 21.2. The molecule has 0 bridgehead atoms. The molecule has 15 heteroatoms. The lowest BCUT2D eigenvalue weighted by Crippen LogP contribution is -2.44. The standard InChI is InChI=1S/C51H62F5N3O7/c1-5-6-10-17-36-28-39-35(18-15-20-40(39)59-50(36)57)16-11-7-8-13-21-42(62)65-30-34-25-23-33(24-26-34)27-41(61)32(4)58-51(64)38(31(2)3)29-37(60)19-12-9-14-22-43(63)66-49-47(55)45(53)44(52)46(54)48(49)56/h15,18,20,23-26,28,31-32,38H,5-14,16-17,19,21-22,27,29-30H2,1-4H3,(H2,57,59)(H,58,64)/t32-,38-/m0/s1. The van der Waals surface area contributed by atoms with Gasteiger partial charge in [-0.05, 0) is 92.2 Å². The van der Waals surface area contributed by atoms with E-state index in [4.69, 9.17) is 10.5 Å². The number of aromatic nitrogens is 1. The van der Waals surface area contributed by atoms with E-state index in [2.05, 4.69) is 34.1 Å². The molecule has 0 saturated heterocycles. The first kappa shape index (κ1) is 52.9. The summed E-state index contributed by atoms with van der Waals surface area (Å²) in [5, 5.41) is 3.89. The first-order chi connectivity index (χ1) is 31.5. The van der Waals surface area contributed by atoms with Crippen LogP contribution in [0.1, 0.15) is 140 Å². The molecule has 1 aromatic heterocycles. The SMILES string of the molecule is CCCCCc1cc2c(CCCCCCC(=O)OCc3ccc(CC(=O)[C@H](C)NC(=O)[C@@H](CC(=O)CCCCCC(=O)Oc4c(F)c(F)c(F)c(F)c4F)C(C)C)cc3)cccc2nc1N. The van der Waals surface area contributed by atoms with Crippen molar-refractivity contribution in [3.8, 4) is 5.75 Å². The van der Waals surface area contributed by atoms with Gasteiger partial charge >= 0.3 is 11.9 Å². The van der Waals surface area contributed by atoms with Crippen LogP contribution < -0.4 is 15.8 Å². The maximum atomic E-state index is 13.8. The molecule has 4 aromatic rings. The lowest BCUT2D eigenvalue weighted by molar-refractivity contribution is -0.145. The topological polar surface area (TPSA) is 155 Å². The van der Waals surface area contributed by atoms with Crippen molar-refractivity contribution in [2.45, 2.75) is 149 Å². The van der Waals surface area contributed by atoms with Crippen LogP contribution in [0.25, 0.3) is 10.9 Å². The number of ether oxygens (including phenoxy) is 2. The molecule has 2 atom stereocenters. The number of halogens is 5. The molecule has 0 saturated carbocycles. The second-order valence-corrected chi connectivity index (χ2v) is 17.3. The van der Waals surface area contributed by atoms with Gasteiger partial charge in [-0.1, -0.05) is 89.3 Å². The highest BCUT2D eigenvalue weighted by atomic mass is 19.2. The number of pyridine rings is 1. The van der Waals surface area contributed by atoms with Crippen molar-refractivity contribution in [1.82, 2.24) is 10.3 Å². The van der Waals surface area contributed by atoms with Gasteiger partial charge in [-0.25, -0.2) is 18.2 Å². The number of esters is 2. The average Bonchev–Trinajstić information content (AvgIpc) is 3.29.